The predicted octanol–water partition coefficient (Wildman–Crippen LogP) is 5.35. The van der Waals surface area contributed by atoms with Crippen molar-refractivity contribution in [1.29, 1.82) is 0 Å². The number of nitrogens with one attached hydrogen (secondary N) is 3. The number of carbonyl (C=O) groups excluding carboxylic acids is 2. The van der Waals surface area contributed by atoms with Crippen LogP contribution in [0.3, 0.4) is 0 Å². The normalized spacial score (nSPS) is 22.2. The van der Waals surface area contributed by atoms with E-state index in [1.54, 1.807) is 27.2 Å². The SMILES string of the molecule is COc1ccc(-c2cnc(-c3nc4oc3C35c6ccccc6NC3Oc3ccc(cc35)C[C@H](NC(=O)[C@@H](O)C(C)C)C(=O)NC4C(C)C)o2)cc1. The number of para-hydroxylation sites is 1. The lowest BCUT2D eigenvalue weighted by Gasteiger charge is -2.29. The van der Waals surface area contributed by atoms with Gasteiger partial charge in [-0.2, -0.15) is 0 Å². The molecule has 4 bridgehead atoms. The fourth-order valence-electron chi connectivity index (χ4n) is 7.28. The first-order valence-corrected chi connectivity index (χ1v) is 17.1. The van der Waals surface area contributed by atoms with Gasteiger partial charge < -0.3 is 39.4 Å². The summed E-state index contributed by atoms with van der Waals surface area (Å²) in [5.74, 6) is 1.27. The highest BCUT2D eigenvalue weighted by Crippen LogP contribution is 2.59. The summed E-state index contributed by atoms with van der Waals surface area (Å²) in [5, 5.41) is 20.0. The minimum atomic E-state index is -1.28. The second-order valence-corrected chi connectivity index (χ2v) is 14.0. The molecule has 3 unspecified atom stereocenters. The molecule has 2 amide bonds. The molecule has 12 nitrogen and oxygen atoms in total. The molecule has 8 rings (SSSR count). The molecule has 262 valence electrons. The van der Waals surface area contributed by atoms with Gasteiger partial charge in [0, 0.05) is 23.2 Å². The number of methoxy groups -OCH3 is 1. The Labute approximate surface area is 294 Å². The molecule has 4 N–H and O–H groups in total. The molecule has 0 fully saturated rings. The van der Waals surface area contributed by atoms with Crippen LogP contribution in [0.15, 0.2) is 81.8 Å². The van der Waals surface area contributed by atoms with E-state index in [1.165, 1.54) is 0 Å². The molecule has 3 aromatic carbocycles. The molecule has 1 spiro atoms. The van der Waals surface area contributed by atoms with Crippen LogP contribution in [0, 0.1) is 11.8 Å². The van der Waals surface area contributed by atoms with Crippen LogP contribution in [-0.2, 0) is 21.4 Å². The molecular weight excluding hydrogens is 650 g/mol. The first kappa shape index (κ1) is 32.6. The second-order valence-electron chi connectivity index (χ2n) is 14.0. The van der Waals surface area contributed by atoms with Gasteiger partial charge in [-0.05, 0) is 59.4 Å². The number of hydrogen-bond acceptors (Lipinski definition) is 10. The van der Waals surface area contributed by atoms with Crippen molar-refractivity contribution in [1.82, 2.24) is 20.6 Å². The molecule has 5 heterocycles. The summed E-state index contributed by atoms with van der Waals surface area (Å²) < 4.78 is 25.3. The predicted molar refractivity (Wildman–Crippen MR) is 187 cm³/mol. The van der Waals surface area contributed by atoms with E-state index in [0.717, 1.165) is 33.7 Å². The molecule has 0 saturated heterocycles. The Morgan fingerprint density at radius 1 is 1.02 bits per heavy atom. The molecule has 3 aliphatic rings. The quantitative estimate of drug-likeness (QED) is 0.175. The highest BCUT2D eigenvalue weighted by atomic mass is 16.5. The Bertz CT molecular complexity index is 2140. The minimum Gasteiger partial charge on any atom is -0.497 e. The van der Waals surface area contributed by atoms with Crippen LogP contribution in [0.4, 0.5) is 5.69 Å². The van der Waals surface area contributed by atoms with E-state index in [-0.39, 0.29) is 30.0 Å². The van der Waals surface area contributed by atoms with Gasteiger partial charge in [0.15, 0.2) is 23.4 Å². The van der Waals surface area contributed by atoms with Crippen LogP contribution in [0.5, 0.6) is 11.5 Å². The van der Waals surface area contributed by atoms with Crippen molar-refractivity contribution in [2.45, 2.75) is 63.9 Å². The van der Waals surface area contributed by atoms with E-state index in [0.29, 0.717) is 23.0 Å². The third kappa shape index (κ3) is 5.24. The summed E-state index contributed by atoms with van der Waals surface area (Å²) >= 11 is 0. The van der Waals surface area contributed by atoms with Gasteiger partial charge in [-0.15, -0.1) is 0 Å². The number of ether oxygens (including phenoxy) is 2. The summed E-state index contributed by atoms with van der Waals surface area (Å²) in [7, 11) is 1.61. The number of hydrogen-bond donors (Lipinski definition) is 4. The Morgan fingerprint density at radius 3 is 2.55 bits per heavy atom. The maximum Gasteiger partial charge on any atom is 0.249 e. The summed E-state index contributed by atoms with van der Waals surface area (Å²) in [5.41, 5.74) is 3.53. The molecular formula is C39H39N5O7. The Balaban J connectivity index is 1.34. The average molecular weight is 690 g/mol. The number of rotatable bonds is 7. The zero-order valence-electron chi connectivity index (χ0n) is 28.9. The number of aliphatic hydroxyl groups is 1. The van der Waals surface area contributed by atoms with Crippen molar-refractivity contribution >= 4 is 17.5 Å². The number of amides is 2. The molecule has 51 heavy (non-hydrogen) atoms. The molecule has 0 saturated carbocycles. The van der Waals surface area contributed by atoms with E-state index in [2.05, 4.69) is 16.0 Å². The van der Waals surface area contributed by atoms with Crippen LogP contribution < -0.4 is 25.4 Å². The first-order valence-electron chi connectivity index (χ1n) is 17.1. The van der Waals surface area contributed by atoms with Gasteiger partial charge >= 0.3 is 0 Å². The van der Waals surface area contributed by atoms with Gasteiger partial charge in [-0.1, -0.05) is 58.0 Å². The number of aliphatic hydroxyl groups excluding tert-OH is 1. The number of anilines is 1. The maximum atomic E-state index is 14.1. The molecule has 0 radical (unpaired) electrons. The van der Waals surface area contributed by atoms with Gasteiger partial charge in [-0.3, -0.25) is 9.59 Å². The number of oxazole rings is 2. The van der Waals surface area contributed by atoms with E-state index < -0.39 is 41.6 Å². The van der Waals surface area contributed by atoms with Crippen molar-refractivity contribution in [3.05, 3.63) is 101 Å². The van der Waals surface area contributed by atoms with Crippen molar-refractivity contribution in [3.8, 4) is 34.4 Å². The number of nitrogens with zero attached hydrogens (tertiary/aromatic N) is 2. The van der Waals surface area contributed by atoms with Crippen molar-refractivity contribution in [3.63, 3.8) is 0 Å². The highest BCUT2D eigenvalue weighted by molar-refractivity contribution is 5.90. The Kier molecular flexibility index (Phi) is 7.86. The Morgan fingerprint density at radius 2 is 1.80 bits per heavy atom. The standard InChI is InChI=1S/C39H39N5O7/c1-19(2)30-37-44-31(36-40-18-29(49-36)22-11-13-23(48-5)14-12-22)33(51-37)39-24-8-6-7-9-26(24)42-38(39)50-28-15-10-21(16-25(28)39)17-27(34(46)43-30)41-35(47)32(45)20(3)4/h6-16,18-20,27,30,32,38,42,45H,17H2,1-5H3,(H,41,47)(H,43,46)/t27-,30?,32-,38?,39?/m0/s1. The number of fused-ring (bicyclic) bond motifs is 4. The number of carbonyl (C=O) groups is 2. The third-order valence-corrected chi connectivity index (χ3v) is 10.0. The van der Waals surface area contributed by atoms with Crippen LogP contribution in [-0.4, -0.2) is 52.4 Å². The zero-order valence-corrected chi connectivity index (χ0v) is 28.9. The van der Waals surface area contributed by atoms with E-state index >= 15 is 0 Å². The summed E-state index contributed by atoms with van der Waals surface area (Å²) in [4.78, 5) is 37.0. The van der Waals surface area contributed by atoms with Gasteiger partial charge in [0.05, 0.1) is 13.3 Å². The minimum absolute atomic E-state index is 0.167. The lowest BCUT2D eigenvalue weighted by Crippen LogP contribution is -2.52. The Hall–Kier alpha value is -5.62. The van der Waals surface area contributed by atoms with Crippen molar-refractivity contribution < 1.29 is 33.0 Å². The molecule has 12 heteroatoms. The number of benzene rings is 3. The lowest BCUT2D eigenvalue weighted by molar-refractivity contribution is -0.135. The highest BCUT2D eigenvalue weighted by Gasteiger charge is 2.61. The smallest absolute Gasteiger partial charge is 0.249 e. The summed E-state index contributed by atoms with van der Waals surface area (Å²) in [6.45, 7) is 7.40. The fourth-order valence-corrected chi connectivity index (χ4v) is 7.28. The van der Waals surface area contributed by atoms with Crippen LogP contribution in [0.25, 0.3) is 22.9 Å². The first-order chi connectivity index (χ1) is 24.6. The average Bonchev–Trinajstić information content (AvgIpc) is 3.91. The lowest BCUT2D eigenvalue weighted by atomic mass is 9.72. The third-order valence-electron chi connectivity index (χ3n) is 10.0. The molecule has 0 aliphatic carbocycles. The van der Waals surface area contributed by atoms with Gasteiger partial charge in [0.25, 0.3) is 0 Å². The monoisotopic (exact) mass is 689 g/mol. The zero-order chi connectivity index (χ0) is 35.6. The molecule has 5 aromatic rings. The van der Waals surface area contributed by atoms with E-state index in [1.807, 2.05) is 80.6 Å². The summed E-state index contributed by atoms with van der Waals surface area (Å²) in [6, 6.07) is 19.5. The van der Waals surface area contributed by atoms with Crippen LogP contribution in [0.1, 0.15) is 62.1 Å². The van der Waals surface area contributed by atoms with Crippen molar-refractivity contribution in [2.24, 2.45) is 11.8 Å². The summed E-state index contributed by atoms with van der Waals surface area (Å²) in [6.07, 6.45) is -0.0703. The number of aromatic nitrogens is 2. The fraction of sp³-hybridized carbons (Fsp3) is 0.333. The van der Waals surface area contributed by atoms with Gasteiger partial charge in [0.2, 0.25) is 23.6 Å². The largest absolute Gasteiger partial charge is 0.497 e. The van der Waals surface area contributed by atoms with E-state index in [4.69, 9.17) is 28.3 Å². The van der Waals surface area contributed by atoms with E-state index in [9.17, 15) is 14.7 Å². The second kappa shape index (κ2) is 12.3. The maximum absolute atomic E-state index is 14.1. The topological polar surface area (TPSA) is 161 Å². The van der Waals surface area contributed by atoms with Gasteiger partial charge in [0.1, 0.15) is 35.1 Å². The molecule has 5 atom stereocenters. The molecule has 2 aromatic heterocycles. The van der Waals surface area contributed by atoms with Gasteiger partial charge in [-0.25, -0.2) is 9.97 Å². The molecule has 3 aliphatic heterocycles. The van der Waals surface area contributed by atoms with Crippen molar-refractivity contribution in [2.75, 3.05) is 12.4 Å². The van der Waals surface area contributed by atoms with Crippen LogP contribution in [0.2, 0.25) is 0 Å². The van der Waals surface area contributed by atoms with Crippen LogP contribution >= 0.6 is 0 Å².